The fourth-order valence-electron chi connectivity index (χ4n) is 0.768. The van der Waals surface area contributed by atoms with Gasteiger partial charge in [-0.3, -0.25) is 5.50 Å². The summed E-state index contributed by atoms with van der Waals surface area (Å²) in [7, 11) is -2.91. The molecule has 0 atom stereocenters. The third-order valence-corrected chi connectivity index (χ3v) is 3.59. The van der Waals surface area contributed by atoms with Crippen LogP contribution in [0.4, 0.5) is 0 Å². The van der Waals surface area contributed by atoms with Crippen molar-refractivity contribution >= 4 is 17.1 Å². The molecular weight excluding hydrogens is 250 g/mol. The smallest absolute Gasteiger partial charge is 0.253 e. The molecule has 0 spiro atoms. The van der Waals surface area contributed by atoms with Crippen molar-refractivity contribution in [2.75, 3.05) is 26.3 Å². The minimum Gasteiger partial charge on any atom is -0.338 e. The van der Waals surface area contributed by atoms with Crippen LogP contribution in [0.1, 0.15) is 27.7 Å². The molecule has 8 heteroatoms. The van der Waals surface area contributed by atoms with E-state index >= 15 is 0 Å². The van der Waals surface area contributed by atoms with Crippen molar-refractivity contribution in [1.82, 2.24) is 4.67 Å². The van der Waals surface area contributed by atoms with Crippen molar-refractivity contribution in [2.24, 2.45) is 5.50 Å². The lowest BCUT2D eigenvalue weighted by molar-refractivity contribution is 0.270. The molecule has 16 heavy (non-hydrogen) atoms. The Morgan fingerprint density at radius 3 is 1.50 bits per heavy atom. The quantitative estimate of drug-likeness (QED) is 0.613. The van der Waals surface area contributed by atoms with Crippen LogP contribution < -0.4 is 5.50 Å². The molecule has 0 aliphatic carbocycles. The molecule has 0 aromatic carbocycles. The Hall–Kier alpha value is 0.620. The Morgan fingerprint density at radius 2 is 1.38 bits per heavy atom. The van der Waals surface area contributed by atoms with E-state index in [-0.39, 0.29) is 0 Å². The molecule has 0 saturated carbocycles. The molecule has 0 aromatic rings. The normalized spacial score (nSPS) is 10.9. The molecule has 0 aliphatic heterocycles. The van der Waals surface area contributed by atoms with E-state index in [2.05, 4.69) is 0 Å². The van der Waals surface area contributed by atoms with Gasteiger partial charge in [0.25, 0.3) is 17.1 Å². The second kappa shape index (κ2) is 13.7. The Kier molecular flexibility index (Phi) is 16.2. The zero-order chi connectivity index (χ0) is 13.0. The zero-order valence-corrected chi connectivity index (χ0v) is 12.2. The van der Waals surface area contributed by atoms with Crippen LogP contribution in [0.5, 0.6) is 0 Å². The van der Waals surface area contributed by atoms with Crippen molar-refractivity contribution in [3.05, 3.63) is 0 Å². The van der Waals surface area contributed by atoms with E-state index in [1.165, 1.54) is 0 Å². The summed E-state index contributed by atoms with van der Waals surface area (Å²) in [4.78, 5) is 17.1. The lowest BCUT2D eigenvalue weighted by Crippen LogP contribution is -2.15. The first-order valence-electron chi connectivity index (χ1n) is 5.26. The molecule has 0 amide bonds. The van der Waals surface area contributed by atoms with Crippen molar-refractivity contribution < 1.29 is 18.8 Å². The van der Waals surface area contributed by atoms with Crippen LogP contribution in [0, 0.1) is 0 Å². The summed E-state index contributed by atoms with van der Waals surface area (Å²) in [5.74, 6) is 0. The molecule has 0 aliphatic rings. The van der Waals surface area contributed by atoms with Gasteiger partial charge in [-0.25, -0.2) is 4.67 Å². The summed E-state index contributed by atoms with van der Waals surface area (Å²) in [6, 6.07) is 0. The maximum Gasteiger partial charge on any atom is 0.253 e. The number of hydrogen-bond donors (Lipinski definition) is 3. The van der Waals surface area contributed by atoms with Gasteiger partial charge >= 0.3 is 0 Å². The molecule has 0 heterocycles. The summed E-state index contributed by atoms with van der Waals surface area (Å²) in [5.41, 5.74) is 5.32. The molecule has 0 aromatic heterocycles. The van der Waals surface area contributed by atoms with Gasteiger partial charge in [0.2, 0.25) is 0 Å². The summed E-state index contributed by atoms with van der Waals surface area (Å²) >= 11 is 0. The predicted octanol–water partition coefficient (Wildman–Crippen LogP) is 1.78. The van der Waals surface area contributed by atoms with Gasteiger partial charge in [0, 0.05) is 13.1 Å². The second-order valence-corrected chi connectivity index (χ2v) is 4.72. The topological polar surface area (TPSA) is 88.2 Å². The average molecular weight is 274 g/mol. The molecule has 0 unspecified atom stereocenters. The SMILES string of the molecule is CCN(CC)P(O)O.CCOP(N)OCC. The molecule has 0 rings (SSSR count). The summed E-state index contributed by atoms with van der Waals surface area (Å²) in [6.07, 6.45) is 0. The van der Waals surface area contributed by atoms with Crippen LogP contribution in [-0.4, -0.2) is 40.8 Å². The first kappa shape index (κ1) is 19.0. The molecule has 0 radical (unpaired) electrons. The Morgan fingerprint density at radius 1 is 1.00 bits per heavy atom. The number of rotatable bonds is 7. The Bertz CT molecular complexity index is 133. The van der Waals surface area contributed by atoms with Gasteiger partial charge in [-0.15, -0.1) is 0 Å². The van der Waals surface area contributed by atoms with Crippen LogP contribution in [0.2, 0.25) is 0 Å². The van der Waals surface area contributed by atoms with Crippen molar-refractivity contribution in [3.8, 4) is 0 Å². The van der Waals surface area contributed by atoms with E-state index in [0.29, 0.717) is 26.3 Å². The lowest BCUT2D eigenvalue weighted by Gasteiger charge is -2.17. The highest BCUT2D eigenvalue weighted by Gasteiger charge is 2.06. The van der Waals surface area contributed by atoms with Crippen LogP contribution in [0.25, 0.3) is 0 Å². The van der Waals surface area contributed by atoms with Gasteiger partial charge in [-0.05, 0) is 13.8 Å². The number of nitrogens with zero attached hydrogens (tertiary/aromatic N) is 1. The van der Waals surface area contributed by atoms with Gasteiger partial charge in [0.15, 0.2) is 0 Å². The first-order chi connectivity index (χ1) is 7.53. The average Bonchev–Trinajstić information content (AvgIpc) is 2.20. The van der Waals surface area contributed by atoms with E-state index in [9.17, 15) is 0 Å². The minimum atomic E-state index is -1.83. The fraction of sp³-hybridized carbons (Fsp3) is 1.00. The molecule has 0 saturated heterocycles. The Labute approximate surface area is 101 Å². The molecule has 0 fully saturated rings. The maximum absolute atomic E-state index is 8.56. The third-order valence-electron chi connectivity index (χ3n) is 1.50. The zero-order valence-electron chi connectivity index (χ0n) is 10.5. The first-order valence-corrected chi connectivity index (χ1v) is 7.71. The third kappa shape index (κ3) is 12.7. The van der Waals surface area contributed by atoms with Crippen LogP contribution >= 0.6 is 17.1 Å². The van der Waals surface area contributed by atoms with E-state index in [1.54, 1.807) is 4.67 Å². The van der Waals surface area contributed by atoms with Gasteiger partial charge < -0.3 is 18.8 Å². The van der Waals surface area contributed by atoms with E-state index in [0.717, 1.165) is 0 Å². The molecule has 0 bridgehead atoms. The molecule has 4 N–H and O–H groups in total. The minimum absolute atomic E-state index is 0.627. The standard InChI is InChI=1S/2C4H12NO2P/c1-3-6-8(5)7-4-2;1-3-5(4-2)8(6)7/h3-5H2,1-2H3;6-7H,3-4H2,1-2H3. The fourth-order valence-corrected chi connectivity index (χ4v) is 1.86. The van der Waals surface area contributed by atoms with E-state index < -0.39 is 17.1 Å². The lowest BCUT2D eigenvalue weighted by atomic mass is 10.7. The van der Waals surface area contributed by atoms with Crippen LogP contribution in [0.15, 0.2) is 0 Å². The summed E-state index contributed by atoms with van der Waals surface area (Å²) in [5, 5.41) is 0. The highest BCUT2D eigenvalue weighted by atomic mass is 31.2. The summed E-state index contributed by atoms with van der Waals surface area (Å²) < 4.78 is 11.4. The van der Waals surface area contributed by atoms with E-state index in [1.807, 2.05) is 27.7 Å². The van der Waals surface area contributed by atoms with Gasteiger partial charge in [0.1, 0.15) is 0 Å². The maximum atomic E-state index is 8.56. The predicted molar refractivity (Wildman–Crippen MR) is 68.6 cm³/mol. The van der Waals surface area contributed by atoms with Gasteiger partial charge in [0.05, 0.1) is 13.2 Å². The van der Waals surface area contributed by atoms with Gasteiger partial charge in [-0.2, -0.15) is 0 Å². The molecular formula is C8H24N2O4P2. The van der Waals surface area contributed by atoms with Gasteiger partial charge in [-0.1, -0.05) is 13.8 Å². The highest BCUT2D eigenvalue weighted by molar-refractivity contribution is 7.44. The summed E-state index contributed by atoms with van der Waals surface area (Å²) in [6.45, 7) is 10.2. The molecule has 6 nitrogen and oxygen atoms in total. The largest absolute Gasteiger partial charge is 0.338 e. The van der Waals surface area contributed by atoms with Crippen molar-refractivity contribution in [2.45, 2.75) is 27.7 Å². The van der Waals surface area contributed by atoms with Crippen molar-refractivity contribution in [1.29, 1.82) is 0 Å². The number of nitrogens with two attached hydrogens (primary N) is 1. The monoisotopic (exact) mass is 274 g/mol. The van der Waals surface area contributed by atoms with Crippen LogP contribution in [0.3, 0.4) is 0 Å². The van der Waals surface area contributed by atoms with Crippen LogP contribution in [-0.2, 0) is 9.05 Å². The number of hydrogen-bond acceptors (Lipinski definition) is 6. The highest BCUT2D eigenvalue weighted by Crippen LogP contribution is 2.28. The van der Waals surface area contributed by atoms with Crippen molar-refractivity contribution in [3.63, 3.8) is 0 Å². The second-order valence-electron chi connectivity index (χ2n) is 2.53. The van der Waals surface area contributed by atoms with E-state index in [4.69, 9.17) is 24.3 Å². The Balaban J connectivity index is 0. The molecule has 100 valence electrons.